The number of H-pyrrole nitrogens is 1. The molecule has 3 heterocycles. The van der Waals surface area contributed by atoms with E-state index in [1.165, 1.54) is 12.8 Å². The molecule has 1 aromatic carbocycles. The topological polar surface area (TPSA) is 79.7 Å². The Morgan fingerprint density at radius 3 is 3.04 bits per heavy atom. The Balaban J connectivity index is 1.32. The van der Waals surface area contributed by atoms with E-state index < -0.39 is 0 Å². The Labute approximate surface area is 138 Å². The van der Waals surface area contributed by atoms with E-state index in [0.717, 1.165) is 29.7 Å². The van der Waals surface area contributed by atoms with E-state index in [0.29, 0.717) is 18.0 Å². The molecule has 1 N–H and O–H groups in total. The van der Waals surface area contributed by atoms with Crippen LogP contribution in [0.2, 0.25) is 0 Å². The zero-order valence-electron chi connectivity index (χ0n) is 13.2. The number of aromatic amines is 1. The van der Waals surface area contributed by atoms with Crippen molar-refractivity contribution < 1.29 is 4.79 Å². The molecule has 24 heavy (non-hydrogen) atoms. The summed E-state index contributed by atoms with van der Waals surface area (Å²) in [5.74, 6) is 0.676. The van der Waals surface area contributed by atoms with Crippen molar-refractivity contribution in [3.05, 3.63) is 42.0 Å². The molecule has 2 aliphatic rings. The van der Waals surface area contributed by atoms with Crippen molar-refractivity contribution >= 4 is 16.9 Å². The van der Waals surface area contributed by atoms with E-state index in [9.17, 15) is 4.79 Å². The van der Waals surface area contributed by atoms with Crippen molar-refractivity contribution in [1.29, 1.82) is 0 Å². The maximum Gasteiger partial charge on any atom is 0.254 e. The summed E-state index contributed by atoms with van der Waals surface area (Å²) in [4.78, 5) is 21.9. The monoisotopic (exact) mass is 322 g/mol. The molecule has 1 aliphatic heterocycles. The number of fused-ring (bicyclic) bond motifs is 1. The molecule has 122 valence electrons. The van der Waals surface area contributed by atoms with Crippen molar-refractivity contribution in [1.82, 2.24) is 29.9 Å². The van der Waals surface area contributed by atoms with E-state index in [1.54, 1.807) is 6.33 Å². The van der Waals surface area contributed by atoms with Crippen LogP contribution in [0.1, 0.15) is 47.3 Å². The number of carbonyl (C=O) groups is 1. The molecule has 2 fully saturated rings. The number of benzene rings is 1. The maximum atomic E-state index is 12.8. The summed E-state index contributed by atoms with van der Waals surface area (Å²) < 4.78 is 1.94. The van der Waals surface area contributed by atoms with Gasteiger partial charge in [-0.25, -0.2) is 9.67 Å². The largest absolute Gasteiger partial charge is 0.345 e. The lowest BCUT2D eigenvalue weighted by Gasteiger charge is -2.16. The molecular weight excluding hydrogens is 304 g/mol. The molecule has 2 aromatic heterocycles. The standard InChI is InChI=1S/C17H18N6O/c24-17(12-3-4-14-15(7-12)19-10-18-14)22-6-5-13(8-22)23-9-16(20-21-23)11-1-2-11/h3-4,7,9-11,13H,1-2,5-6,8H2,(H,18,19). The van der Waals surface area contributed by atoms with Gasteiger partial charge in [-0.15, -0.1) is 5.10 Å². The van der Waals surface area contributed by atoms with E-state index in [2.05, 4.69) is 26.5 Å². The number of imidazole rings is 1. The van der Waals surface area contributed by atoms with Gasteiger partial charge in [0.1, 0.15) is 0 Å². The van der Waals surface area contributed by atoms with Gasteiger partial charge in [0.25, 0.3) is 5.91 Å². The predicted molar refractivity (Wildman–Crippen MR) is 87.6 cm³/mol. The molecule has 3 aromatic rings. The van der Waals surface area contributed by atoms with Crippen LogP contribution < -0.4 is 0 Å². The van der Waals surface area contributed by atoms with Gasteiger partial charge in [0.15, 0.2) is 0 Å². The highest BCUT2D eigenvalue weighted by atomic mass is 16.2. The normalized spacial score (nSPS) is 20.8. The summed E-state index contributed by atoms with van der Waals surface area (Å²) in [5.41, 5.74) is 3.57. The molecule has 7 nitrogen and oxygen atoms in total. The Morgan fingerprint density at radius 1 is 1.25 bits per heavy atom. The fourth-order valence-corrected chi connectivity index (χ4v) is 3.43. The lowest BCUT2D eigenvalue weighted by atomic mass is 10.2. The summed E-state index contributed by atoms with van der Waals surface area (Å²) in [5, 5.41) is 8.55. The van der Waals surface area contributed by atoms with Crippen molar-refractivity contribution in [2.45, 2.75) is 31.2 Å². The minimum Gasteiger partial charge on any atom is -0.345 e. The Hall–Kier alpha value is -2.70. The van der Waals surface area contributed by atoms with E-state index in [-0.39, 0.29) is 11.9 Å². The number of likely N-dealkylation sites (tertiary alicyclic amines) is 1. The van der Waals surface area contributed by atoms with E-state index in [4.69, 9.17) is 0 Å². The predicted octanol–water partition coefficient (Wildman–Crippen LogP) is 2.12. The van der Waals surface area contributed by atoms with Crippen LogP contribution in [0.15, 0.2) is 30.7 Å². The van der Waals surface area contributed by atoms with Crippen LogP contribution in [0.5, 0.6) is 0 Å². The smallest absolute Gasteiger partial charge is 0.254 e. The highest BCUT2D eigenvalue weighted by Gasteiger charge is 2.31. The SMILES string of the molecule is O=C(c1ccc2nc[nH]c2c1)N1CCC(n2cc(C3CC3)nn2)C1. The molecule has 1 saturated heterocycles. The molecule has 1 aliphatic carbocycles. The van der Waals surface area contributed by atoms with Crippen LogP contribution in [0.4, 0.5) is 0 Å². The third-order valence-corrected chi connectivity index (χ3v) is 5.02. The second-order valence-corrected chi connectivity index (χ2v) is 6.73. The first kappa shape index (κ1) is 13.7. The van der Waals surface area contributed by atoms with Gasteiger partial charge in [0.2, 0.25) is 0 Å². The summed E-state index contributed by atoms with van der Waals surface area (Å²) in [7, 11) is 0. The number of carbonyl (C=O) groups excluding carboxylic acids is 1. The molecule has 1 unspecified atom stereocenters. The minimum absolute atomic E-state index is 0.0662. The zero-order chi connectivity index (χ0) is 16.1. The van der Waals surface area contributed by atoms with Crippen LogP contribution in [0, 0.1) is 0 Å². The molecule has 0 bridgehead atoms. The number of aromatic nitrogens is 5. The summed E-state index contributed by atoms with van der Waals surface area (Å²) in [6.07, 6.45) is 7.08. The van der Waals surface area contributed by atoms with Crippen LogP contribution >= 0.6 is 0 Å². The van der Waals surface area contributed by atoms with Crippen LogP contribution in [-0.2, 0) is 0 Å². The Bertz CT molecular complexity index is 909. The van der Waals surface area contributed by atoms with E-state index >= 15 is 0 Å². The molecule has 1 amide bonds. The third-order valence-electron chi connectivity index (χ3n) is 5.02. The average molecular weight is 322 g/mol. The van der Waals surface area contributed by atoms with Crippen LogP contribution in [0.3, 0.4) is 0 Å². The highest BCUT2D eigenvalue weighted by Crippen LogP contribution is 2.39. The summed E-state index contributed by atoms with van der Waals surface area (Å²) in [6, 6.07) is 5.83. The lowest BCUT2D eigenvalue weighted by molar-refractivity contribution is 0.0787. The minimum atomic E-state index is 0.0662. The number of nitrogens with zero attached hydrogens (tertiary/aromatic N) is 5. The third kappa shape index (κ3) is 2.28. The van der Waals surface area contributed by atoms with Gasteiger partial charge in [-0.2, -0.15) is 0 Å². The lowest BCUT2D eigenvalue weighted by Crippen LogP contribution is -2.29. The first-order chi connectivity index (χ1) is 11.8. The zero-order valence-corrected chi connectivity index (χ0v) is 13.2. The van der Waals surface area contributed by atoms with Gasteiger partial charge < -0.3 is 9.88 Å². The Kier molecular flexibility index (Phi) is 2.95. The summed E-state index contributed by atoms with van der Waals surface area (Å²) in [6.45, 7) is 1.44. The molecule has 0 spiro atoms. The second-order valence-electron chi connectivity index (χ2n) is 6.73. The molecular formula is C17H18N6O. The molecule has 1 atom stereocenters. The molecule has 0 radical (unpaired) electrons. The quantitative estimate of drug-likeness (QED) is 0.801. The fourth-order valence-electron chi connectivity index (χ4n) is 3.43. The molecule has 1 saturated carbocycles. The van der Waals surface area contributed by atoms with Crippen molar-refractivity contribution in [3.8, 4) is 0 Å². The van der Waals surface area contributed by atoms with E-state index in [1.807, 2.05) is 27.8 Å². The number of amides is 1. The van der Waals surface area contributed by atoms with Gasteiger partial charge in [0, 0.05) is 30.8 Å². The van der Waals surface area contributed by atoms with Crippen LogP contribution in [-0.4, -0.2) is 48.9 Å². The van der Waals surface area contributed by atoms with Crippen molar-refractivity contribution in [2.24, 2.45) is 0 Å². The highest BCUT2D eigenvalue weighted by molar-refractivity contribution is 5.97. The van der Waals surface area contributed by atoms with Crippen molar-refractivity contribution in [3.63, 3.8) is 0 Å². The number of hydrogen-bond acceptors (Lipinski definition) is 4. The van der Waals surface area contributed by atoms with Gasteiger partial charge in [-0.05, 0) is 37.5 Å². The number of nitrogens with one attached hydrogen (secondary N) is 1. The van der Waals surface area contributed by atoms with Crippen LogP contribution in [0.25, 0.3) is 11.0 Å². The van der Waals surface area contributed by atoms with Gasteiger partial charge in [0.05, 0.1) is 29.1 Å². The maximum absolute atomic E-state index is 12.8. The molecule has 5 rings (SSSR count). The van der Waals surface area contributed by atoms with Crippen molar-refractivity contribution in [2.75, 3.05) is 13.1 Å². The van der Waals surface area contributed by atoms with Gasteiger partial charge >= 0.3 is 0 Å². The number of hydrogen-bond donors (Lipinski definition) is 1. The fraction of sp³-hybridized carbons (Fsp3) is 0.412. The molecule has 7 heteroatoms. The first-order valence-electron chi connectivity index (χ1n) is 8.42. The first-order valence-corrected chi connectivity index (χ1v) is 8.42. The van der Waals surface area contributed by atoms with Gasteiger partial charge in [-0.3, -0.25) is 4.79 Å². The van der Waals surface area contributed by atoms with Gasteiger partial charge in [-0.1, -0.05) is 5.21 Å². The second kappa shape index (κ2) is 5.15. The Morgan fingerprint density at radius 2 is 2.17 bits per heavy atom. The summed E-state index contributed by atoms with van der Waals surface area (Å²) >= 11 is 0. The number of rotatable bonds is 3. The average Bonchev–Trinajstić information content (AvgIpc) is 3.06.